The number of amides is 3. The van der Waals surface area contributed by atoms with Crippen molar-refractivity contribution in [3.8, 4) is 0 Å². The first-order chi connectivity index (χ1) is 13.5. The molecule has 3 amide bonds. The van der Waals surface area contributed by atoms with Crippen molar-refractivity contribution in [3.63, 3.8) is 0 Å². The summed E-state index contributed by atoms with van der Waals surface area (Å²) in [6, 6.07) is 7.71. The Balaban J connectivity index is 2.07. The van der Waals surface area contributed by atoms with Crippen molar-refractivity contribution in [2.75, 3.05) is 6.61 Å². The van der Waals surface area contributed by atoms with Crippen molar-refractivity contribution in [3.05, 3.63) is 47.8 Å². The average Bonchev–Trinajstić information content (AvgIpc) is 3.01. The lowest BCUT2D eigenvalue weighted by atomic mass is 10.0. The van der Waals surface area contributed by atoms with E-state index in [0.29, 0.717) is 6.42 Å². The van der Waals surface area contributed by atoms with E-state index in [1.165, 1.54) is 13.8 Å². The van der Waals surface area contributed by atoms with E-state index in [1.54, 1.807) is 0 Å². The summed E-state index contributed by atoms with van der Waals surface area (Å²) in [6.07, 6.45) is 0.665. The molecule has 1 aliphatic rings. The number of carbonyl (C=O) groups excluding carboxylic acids is 3. The van der Waals surface area contributed by atoms with Gasteiger partial charge in [0.2, 0.25) is 5.91 Å². The molecule has 0 spiro atoms. The highest BCUT2D eigenvalue weighted by molar-refractivity contribution is 6.76. The molecule has 6 nitrogen and oxygen atoms in total. The van der Waals surface area contributed by atoms with Crippen LogP contribution in [0.15, 0.2) is 42.2 Å². The first-order valence-corrected chi connectivity index (χ1v) is 9.92. The molecule has 0 unspecified atom stereocenters. The maximum atomic E-state index is 14.4. The van der Waals surface area contributed by atoms with Crippen molar-refractivity contribution in [2.24, 2.45) is 5.92 Å². The minimum absolute atomic E-state index is 0.0636. The summed E-state index contributed by atoms with van der Waals surface area (Å²) in [5.41, 5.74) is 0.936. The van der Waals surface area contributed by atoms with Crippen LogP contribution in [0.5, 0.6) is 0 Å². The van der Waals surface area contributed by atoms with Gasteiger partial charge in [0, 0.05) is 0 Å². The van der Waals surface area contributed by atoms with Crippen LogP contribution in [-0.2, 0) is 20.7 Å². The van der Waals surface area contributed by atoms with E-state index in [-0.39, 0.29) is 6.61 Å². The smallest absolute Gasteiger partial charge is 0.417 e. The molecule has 158 valence electrons. The van der Waals surface area contributed by atoms with Crippen LogP contribution in [0, 0.1) is 5.92 Å². The fraction of sp³-hybridized carbons (Fsp3) is 0.421. The molecule has 0 aromatic heterocycles. The van der Waals surface area contributed by atoms with E-state index in [4.69, 9.17) is 39.5 Å². The fourth-order valence-electron chi connectivity index (χ4n) is 2.79. The SMILES string of the molecule is C[C@@H](/C=C(\F)[C@@H](C)NC(=O)C(Cl)(Cl)Cl)C(=O)N1C(=O)OC[C@H]1Cc1ccccc1. The summed E-state index contributed by atoms with van der Waals surface area (Å²) >= 11 is 16.3. The molecule has 1 aliphatic heterocycles. The molecule has 1 aromatic rings. The number of alkyl halides is 3. The summed E-state index contributed by atoms with van der Waals surface area (Å²) in [6.45, 7) is 2.84. The first kappa shape index (κ1) is 23.4. The molecule has 29 heavy (non-hydrogen) atoms. The third kappa shape index (κ3) is 6.32. The van der Waals surface area contributed by atoms with Gasteiger partial charge in [-0.2, -0.15) is 0 Å². The van der Waals surface area contributed by atoms with Crippen LogP contribution in [0.4, 0.5) is 9.18 Å². The van der Waals surface area contributed by atoms with Gasteiger partial charge >= 0.3 is 6.09 Å². The average molecular weight is 466 g/mol. The second-order valence-electron chi connectivity index (χ2n) is 6.66. The summed E-state index contributed by atoms with van der Waals surface area (Å²) in [5.74, 6) is -3.39. The first-order valence-electron chi connectivity index (χ1n) is 8.79. The van der Waals surface area contributed by atoms with Crippen molar-refractivity contribution in [2.45, 2.75) is 36.1 Å². The third-order valence-corrected chi connectivity index (χ3v) is 4.85. The Morgan fingerprint density at radius 2 is 1.93 bits per heavy atom. The molecular weight excluding hydrogens is 446 g/mol. The van der Waals surface area contributed by atoms with Gasteiger partial charge in [-0.1, -0.05) is 65.1 Å². The molecule has 0 aliphatic carbocycles. The van der Waals surface area contributed by atoms with Gasteiger partial charge in [0.15, 0.2) is 0 Å². The molecule has 1 N–H and O–H groups in total. The van der Waals surface area contributed by atoms with E-state index >= 15 is 0 Å². The lowest BCUT2D eigenvalue weighted by Gasteiger charge is -2.22. The van der Waals surface area contributed by atoms with Crippen LogP contribution in [0.3, 0.4) is 0 Å². The second kappa shape index (κ2) is 9.78. The number of nitrogens with one attached hydrogen (secondary N) is 1. The Morgan fingerprint density at radius 1 is 1.31 bits per heavy atom. The molecule has 3 atom stereocenters. The van der Waals surface area contributed by atoms with Gasteiger partial charge in [-0.25, -0.2) is 14.1 Å². The zero-order valence-electron chi connectivity index (χ0n) is 15.7. The topological polar surface area (TPSA) is 75.7 Å². The van der Waals surface area contributed by atoms with Crippen LogP contribution in [0.25, 0.3) is 0 Å². The Morgan fingerprint density at radius 3 is 2.52 bits per heavy atom. The number of halogens is 4. The number of benzene rings is 1. The highest BCUT2D eigenvalue weighted by Gasteiger charge is 2.39. The van der Waals surface area contributed by atoms with Crippen LogP contribution in [0.1, 0.15) is 19.4 Å². The fourth-order valence-corrected chi connectivity index (χ4v) is 2.95. The largest absolute Gasteiger partial charge is 0.447 e. The van der Waals surface area contributed by atoms with Crippen LogP contribution in [-0.4, -0.2) is 45.3 Å². The molecular formula is C19H20Cl3FN2O4. The quantitative estimate of drug-likeness (QED) is 0.646. The maximum Gasteiger partial charge on any atom is 0.417 e. The molecule has 10 heteroatoms. The predicted octanol–water partition coefficient (Wildman–Crippen LogP) is 3.94. The number of rotatable bonds is 6. The molecule has 0 saturated carbocycles. The summed E-state index contributed by atoms with van der Waals surface area (Å²) in [5, 5.41) is 2.19. The Labute approximate surface area is 182 Å². The number of imide groups is 1. The van der Waals surface area contributed by atoms with E-state index in [2.05, 4.69) is 5.32 Å². The van der Waals surface area contributed by atoms with Gasteiger partial charge in [-0.05, 0) is 31.9 Å². The monoisotopic (exact) mass is 464 g/mol. The number of carbonyl (C=O) groups is 3. The highest BCUT2D eigenvalue weighted by Crippen LogP contribution is 2.27. The molecule has 0 radical (unpaired) electrons. The van der Waals surface area contributed by atoms with Gasteiger partial charge in [0.25, 0.3) is 9.70 Å². The van der Waals surface area contributed by atoms with E-state index < -0.39 is 45.5 Å². The van der Waals surface area contributed by atoms with E-state index in [1.807, 2.05) is 30.3 Å². The van der Waals surface area contributed by atoms with Gasteiger partial charge in [-0.3, -0.25) is 9.59 Å². The molecule has 1 fully saturated rings. The Kier molecular flexibility index (Phi) is 7.91. The van der Waals surface area contributed by atoms with Crippen LogP contribution < -0.4 is 5.32 Å². The van der Waals surface area contributed by atoms with Gasteiger partial charge < -0.3 is 10.1 Å². The minimum Gasteiger partial charge on any atom is -0.447 e. The Hall–Kier alpha value is -1.83. The highest BCUT2D eigenvalue weighted by atomic mass is 35.6. The molecule has 1 aromatic carbocycles. The van der Waals surface area contributed by atoms with Crippen molar-refractivity contribution in [1.29, 1.82) is 0 Å². The summed E-state index contributed by atoms with van der Waals surface area (Å²) in [4.78, 5) is 37.5. The van der Waals surface area contributed by atoms with Crippen LogP contribution in [0.2, 0.25) is 0 Å². The number of hydrogen-bond donors (Lipinski definition) is 1. The van der Waals surface area contributed by atoms with Crippen LogP contribution >= 0.6 is 34.8 Å². The second-order valence-corrected chi connectivity index (χ2v) is 8.94. The Bertz CT molecular complexity index is 798. The minimum atomic E-state index is -2.24. The van der Waals surface area contributed by atoms with Crippen molar-refractivity contribution in [1.82, 2.24) is 10.2 Å². The summed E-state index contributed by atoms with van der Waals surface area (Å²) in [7, 11) is 0. The third-order valence-electron chi connectivity index (χ3n) is 4.33. The van der Waals surface area contributed by atoms with Gasteiger partial charge in [-0.15, -0.1) is 0 Å². The maximum absolute atomic E-state index is 14.4. The van der Waals surface area contributed by atoms with Crippen molar-refractivity contribution >= 4 is 52.7 Å². The zero-order chi connectivity index (χ0) is 21.8. The standard InChI is InChI=1S/C19H20Cl3FN2O4/c1-11(8-15(23)12(2)24-17(27)19(20,21)22)16(26)25-14(10-29-18(25)28)9-13-6-4-3-5-7-13/h3-8,11-12,14H,9-10H2,1-2H3,(H,24,27)/b15-8-/t11-,12+,14+/m0/s1. The lowest BCUT2D eigenvalue weighted by molar-refractivity contribution is -0.131. The normalized spacial score (nSPS) is 19.5. The molecule has 0 bridgehead atoms. The number of cyclic esters (lactones) is 1. The molecule has 1 heterocycles. The van der Waals surface area contributed by atoms with Gasteiger partial charge in [0.05, 0.1) is 18.0 Å². The number of nitrogens with zero attached hydrogens (tertiary/aromatic N) is 1. The molecule has 2 rings (SSSR count). The van der Waals surface area contributed by atoms with E-state index in [9.17, 15) is 18.8 Å². The summed E-state index contributed by atoms with van der Waals surface area (Å²) < 4.78 is 17.2. The predicted molar refractivity (Wildman–Crippen MR) is 108 cm³/mol. The molecule has 1 saturated heterocycles. The van der Waals surface area contributed by atoms with Gasteiger partial charge in [0.1, 0.15) is 12.4 Å². The lowest BCUT2D eigenvalue weighted by Crippen LogP contribution is -2.43. The zero-order valence-corrected chi connectivity index (χ0v) is 18.0. The number of hydrogen-bond acceptors (Lipinski definition) is 4. The van der Waals surface area contributed by atoms with E-state index in [0.717, 1.165) is 16.5 Å². The number of ether oxygens (including phenoxy) is 1. The van der Waals surface area contributed by atoms with Crippen molar-refractivity contribution < 1.29 is 23.5 Å².